The van der Waals surface area contributed by atoms with Gasteiger partial charge in [0.1, 0.15) is 0 Å². The molecule has 2 rings (SSSR count). The van der Waals surface area contributed by atoms with Crippen LogP contribution < -0.4 is 10.6 Å². The van der Waals surface area contributed by atoms with E-state index in [0.717, 1.165) is 31.9 Å². The van der Waals surface area contributed by atoms with Crippen molar-refractivity contribution >= 4 is 11.6 Å². The SMILES string of the molecule is CC(C(=O)Nc1ccc(C#N)cc1)N1CCNCC1. The first-order valence-corrected chi connectivity index (χ1v) is 6.46. The number of carbonyl (C=O) groups is 1. The van der Waals surface area contributed by atoms with Gasteiger partial charge in [-0.15, -0.1) is 0 Å². The van der Waals surface area contributed by atoms with Gasteiger partial charge in [0.05, 0.1) is 17.7 Å². The quantitative estimate of drug-likeness (QED) is 0.841. The molecule has 0 saturated carbocycles. The van der Waals surface area contributed by atoms with E-state index in [-0.39, 0.29) is 11.9 Å². The Labute approximate surface area is 113 Å². The van der Waals surface area contributed by atoms with Crippen LogP contribution in [-0.2, 0) is 4.79 Å². The van der Waals surface area contributed by atoms with Crippen molar-refractivity contribution in [3.05, 3.63) is 29.8 Å². The van der Waals surface area contributed by atoms with Gasteiger partial charge in [0.2, 0.25) is 5.91 Å². The van der Waals surface area contributed by atoms with Crippen LogP contribution in [0.3, 0.4) is 0 Å². The summed E-state index contributed by atoms with van der Waals surface area (Å²) in [6.07, 6.45) is 0. The number of nitriles is 1. The summed E-state index contributed by atoms with van der Waals surface area (Å²) in [5.41, 5.74) is 1.32. The zero-order chi connectivity index (χ0) is 13.7. The van der Waals surface area contributed by atoms with E-state index in [1.807, 2.05) is 6.92 Å². The normalized spacial score (nSPS) is 17.5. The fraction of sp³-hybridized carbons (Fsp3) is 0.429. The highest BCUT2D eigenvalue weighted by Crippen LogP contribution is 2.10. The van der Waals surface area contributed by atoms with Crippen molar-refractivity contribution in [2.45, 2.75) is 13.0 Å². The summed E-state index contributed by atoms with van der Waals surface area (Å²) in [5, 5.41) is 14.9. The molecule has 0 bridgehead atoms. The van der Waals surface area contributed by atoms with Crippen molar-refractivity contribution in [1.82, 2.24) is 10.2 Å². The van der Waals surface area contributed by atoms with Crippen LogP contribution in [0.5, 0.6) is 0 Å². The van der Waals surface area contributed by atoms with Crippen molar-refractivity contribution in [3.63, 3.8) is 0 Å². The van der Waals surface area contributed by atoms with Gasteiger partial charge in [-0.1, -0.05) is 0 Å². The number of carbonyl (C=O) groups excluding carboxylic acids is 1. The van der Waals surface area contributed by atoms with Crippen molar-refractivity contribution < 1.29 is 4.79 Å². The minimum atomic E-state index is -0.141. The molecule has 1 unspecified atom stereocenters. The second-order valence-electron chi connectivity index (χ2n) is 4.64. The van der Waals surface area contributed by atoms with Crippen LogP contribution in [0.15, 0.2) is 24.3 Å². The second kappa shape index (κ2) is 6.32. The van der Waals surface area contributed by atoms with Gasteiger partial charge in [-0.3, -0.25) is 9.69 Å². The number of piperazine rings is 1. The highest BCUT2D eigenvalue weighted by Gasteiger charge is 2.22. The third-order valence-corrected chi connectivity index (χ3v) is 3.36. The highest BCUT2D eigenvalue weighted by molar-refractivity contribution is 5.94. The van der Waals surface area contributed by atoms with E-state index in [2.05, 4.69) is 21.6 Å². The minimum Gasteiger partial charge on any atom is -0.325 e. The Hall–Kier alpha value is -1.90. The molecule has 19 heavy (non-hydrogen) atoms. The largest absolute Gasteiger partial charge is 0.325 e. The van der Waals surface area contributed by atoms with Gasteiger partial charge < -0.3 is 10.6 Å². The maximum atomic E-state index is 12.1. The number of hydrogen-bond acceptors (Lipinski definition) is 4. The molecule has 0 spiro atoms. The Morgan fingerprint density at radius 3 is 2.58 bits per heavy atom. The smallest absolute Gasteiger partial charge is 0.241 e. The summed E-state index contributed by atoms with van der Waals surface area (Å²) in [6.45, 7) is 5.55. The topological polar surface area (TPSA) is 68.2 Å². The molecule has 0 radical (unpaired) electrons. The van der Waals surface area contributed by atoms with E-state index in [1.54, 1.807) is 24.3 Å². The Kier molecular flexibility index (Phi) is 4.50. The molecule has 100 valence electrons. The van der Waals surface area contributed by atoms with E-state index in [9.17, 15) is 4.79 Å². The number of nitrogens with zero attached hydrogens (tertiary/aromatic N) is 2. The molecular weight excluding hydrogens is 240 g/mol. The van der Waals surface area contributed by atoms with E-state index < -0.39 is 0 Å². The van der Waals surface area contributed by atoms with Crippen LogP contribution in [0.1, 0.15) is 12.5 Å². The van der Waals surface area contributed by atoms with Crippen molar-refractivity contribution in [2.24, 2.45) is 0 Å². The Balaban J connectivity index is 1.93. The predicted molar refractivity (Wildman–Crippen MR) is 73.7 cm³/mol. The van der Waals surface area contributed by atoms with Crippen LogP contribution in [0.2, 0.25) is 0 Å². The van der Waals surface area contributed by atoms with Gasteiger partial charge in [0.25, 0.3) is 0 Å². The van der Waals surface area contributed by atoms with Crippen LogP contribution in [0.4, 0.5) is 5.69 Å². The first-order valence-electron chi connectivity index (χ1n) is 6.46. The van der Waals surface area contributed by atoms with Gasteiger partial charge in [0.15, 0.2) is 0 Å². The van der Waals surface area contributed by atoms with Crippen LogP contribution in [0, 0.1) is 11.3 Å². The zero-order valence-electron chi connectivity index (χ0n) is 11.0. The summed E-state index contributed by atoms with van der Waals surface area (Å²) in [7, 11) is 0. The standard InChI is InChI=1S/C14H18N4O/c1-11(18-8-6-16-7-9-18)14(19)17-13-4-2-12(10-15)3-5-13/h2-5,11,16H,6-9H2,1H3,(H,17,19). The molecule has 5 nitrogen and oxygen atoms in total. The van der Waals surface area contributed by atoms with E-state index in [1.165, 1.54) is 0 Å². The Morgan fingerprint density at radius 1 is 1.37 bits per heavy atom. The molecule has 1 aliphatic rings. The summed E-state index contributed by atoms with van der Waals surface area (Å²) in [5.74, 6) is -0.00777. The summed E-state index contributed by atoms with van der Waals surface area (Å²) < 4.78 is 0. The third-order valence-electron chi connectivity index (χ3n) is 3.36. The predicted octanol–water partition coefficient (Wildman–Crippen LogP) is 0.790. The fourth-order valence-corrected chi connectivity index (χ4v) is 2.11. The molecule has 0 aliphatic carbocycles. The molecule has 2 N–H and O–H groups in total. The first kappa shape index (κ1) is 13.5. The lowest BCUT2D eigenvalue weighted by Gasteiger charge is -2.31. The molecule has 1 amide bonds. The summed E-state index contributed by atoms with van der Waals surface area (Å²) in [6, 6.07) is 8.81. The molecule has 5 heteroatoms. The zero-order valence-corrected chi connectivity index (χ0v) is 11.0. The number of rotatable bonds is 3. The molecule has 0 aromatic heterocycles. The number of anilines is 1. The molecule has 1 aliphatic heterocycles. The monoisotopic (exact) mass is 258 g/mol. The molecular formula is C14H18N4O. The lowest BCUT2D eigenvalue weighted by atomic mass is 10.2. The van der Waals surface area contributed by atoms with Gasteiger partial charge in [-0.25, -0.2) is 0 Å². The summed E-state index contributed by atoms with van der Waals surface area (Å²) in [4.78, 5) is 14.3. The van der Waals surface area contributed by atoms with Gasteiger partial charge in [-0.05, 0) is 31.2 Å². The van der Waals surface area contributed by atoms with Crippen molar-refractivity contribution in [2.75, 3.05) is 31.5 Å². The molecule has 1 heterocycles. The number of benzene rings is 1. The van der Waals surface area contributed by atoms with Crippen LogP contribution >= 0.6 is 0 Å². The lowest BCUT2D eigenvalue weighted by Crippen LogP contribution is -2.51. The van der Waals surface area contributed by atoms with E-state index >= 15 is 0 Å². The van der Waals surface area contributed by atoms with Gasteiger partial charge in [-0.2, -0.15) is 5.26 Å². The Bertz CT molecular complexity index is 471. The lowest BCUT2D eigenvalue weighted by molar-refractivity contribution is -0.120. The van der Waals surface area contributed by atoms with Crippen molar-refractivity contribution in [3.8, 4) is 6.07 Å². The Morgan fingerprint density at radius 2 is 2.00 bits per heavy atom. The third kappa shape index (κ3) is 3.53. The van der Waals surface area contributed by atoms with Crippen LogP contribution in [-0.4, -0.2) is 43.0 Å². The maximum Gasteiger partial charge on any atom is 0.241 e. The first-order chi connectivity index (χ1) is 9.20. The van der Waals surface area contributed by atoms with E-state index in [0.29, 0.717) is 5.56 Å². The highest BCUT2D eigenvalue weighted by atomic mass is 16.2. The van der Waals surface area contributed by atoms with E-state index in [4.69, 9.17) is 5.26 Å². The van der Waals surface area contributed by atoms with Gasteiger partial charge >= 0.3 is 0 Å². The fourth-order valence-electron chi connectivity index (χ4n) is 2.11. The molecule has 1 fully saturated rings. The summed E-state index contributed by atoms with van der Waals surface area (Å²) >= 11 is 0. The molecule has 1 aromatic carbocycles. The molecule has 1 atom stereocenters. The minimum absolute atomic E-state index is 0.00777. The maximum absolute atomic E-state index is 12.1. The second-order valence-corrected chi connectivity index (χ2v) is 4.64. The van der Waals surface area contributed by atoms with Crippen LogP contribution in [0.25, 0.3) is 0 Å². The van der Waals surface area contributed by atoms with Gasteiger partial charge in [0, 0.05) is 31.9 Å². The van der Waals surface area contributed by atoms with Crippen molar-refractivity contribution in [1.29, 1.82) is 5.26 Å². The molecule has 1 saturated heterocycles. The number of nitrogens with one attached hydrogen (secondary N) is 2. The average Bonchev–Trinajstić information content (AvgIpc) is 2.48. The average molecular weight is 258 g/mol. The number of hydrogen-bond donors (Lipinski definition) is 2. The molecule has 1 aromatic rings. The number of amides is 1.